The second-order valence-corrected chi connectivity index (χ2v) is 5.46. The topological polar surface area (TPSA) is 43.1 Å². The van der Waals surface area contributed by atoms with Crippen molar-refractivity contribution in [3.63, 3.8) is 0 Å². The Balaban J connectivity index is 2.47. The summed E-state index contributed by atoms with van der Waals surface area (Å²) < 4.78 is 14.8. The molecule has 0 aliphatic rings. The lowest BCUT2D eigenvalue weighted by Crippen LogP contribution is -2.04. The van der Waals surface area contributed by atoms with Gasteiger partial charge in [0.05, 0.1) is 5.69 Å². The van der Waals surface area contributed by atoms with Crippen LogP contribution in [0.5, 0.6) is 0 Å². The van der Waals surface area contributed by atoms with Gasteiger partial charge < -0.3 is 5.73 Å². The molecule has 2 N–H and O–H groups in total. The molecule has 0 aromatic heterocycles. The fourth-order valence-corrected chi connectivity index (χ4v) is 2.28. The standard InChI is InChI=1S/C13H8Br2FNO/c14-8-2-3-10(15)9(6-8)13(18)7-1-4-12(17)11(16)5-7/h1-6H,17H2. The van der Waals surface area contributed by atoms with E-state index in [0.29, 0.717) is 10.0 Å². The highest BCUT2D eigenvalue weighted by Crippen LogP contribution is 2.25. The maximum atomic E-state index is 13.3. The summed E-state index contributed by atoms with van der Waals surface area (Å²) in [7, 11) is 0. The van der Waals surface area contributed by atoms with Crippen LogP contribution >= 0.6 is 31.9 Å². The number of nitrogen functional groups attached to an aromatic ring is 1. The van der Waals surface area contributed by atoms with Crippen molar-refractivity contribution in [2.45, 2.75) is 0 Å². The van der Waals surface area contributed by atoms with Crippen LogP contribution in [-0.2, 0) is 0 Å². The van der Waals surface area contributed by atoms with Gasteiger partial charge in [0.1, 0.15) is 5.82 Å². The third-order valence-electron chi connectivity index (χ3n) is 2.44. The molecule has 92 valence electrons. The Morgan fingerprint density at radius 3 is 2.50 bits per heavy atom. The summed E-state index contributed by atoms with van der Waals surface area (Å²) in [5.74, 6) is -0.853. The number of hydrogen-bond donors (Lipinski definition) is 1. The monoisotopic (exact) mass is 371 g/mol. The van der Waals surface area contributed by atoms with Crippen LogP contribution in [0.4, 0.5) is 10.1 Å². The number of hydrogen-bond acceptors (Lipinski definition) is 2. The Morgan fingerprint density at radius 2 is 1.83 bits per heavy atom. The van der Waals surface area contributed by atoms with E-state index in [-0.39, 0.29) is 17.0 Å². The van der Waals surface area contributed by atoms with Crippen molar-refractivity contribution in [1.82, 2.24) is 0 Å². The highest BCUT2D eigenvalue weighted by molar-refractivity contribution is 9.11. The summed E-state index contributed by atoms with van der Waals surface area (Å²) in [6.07, 6.45) is 0. The van der Waals surface area contributed by atoms with E-state index in [0.717, 1.165) is 10.5 Å². The number of nitrogens with two attached hydrogens (primary N) is 1. The Hall–Kier alpha value is -1.20. The number of rotatable bonds is 2. The van der Waals surface area contributed by atoms with Crippen molar-refractivity contribution in [2.75, 3.05) is 5.73 Å². The molecule has 0 spiro atoms. The van der Waals surface area contributed by atoms with Crippen molar-refractivity contribution >= 4 is 43.3 Å². The molecule has 0 unspecified atom stereocenters. The number of halogens is 3. The molecular weight excluding hydrogens is 365 g/mol. The van der Waals surface area contributed by atoms with Crippen LogP contribution in [0.25, 0.3) is 0 Å². The van der Waals surface area contributed by atoms with Crippen molar-refractivity contribution in [3.05, 3.63) is 62.3 Å². The molecule has 0 aliphatic carbocycles. The zero-order valence-corrected chi connectivity index (χ0v) is 12.3. The van der Waals surface area contributed by atoms with Gasteiger partial charge in [0, 0.05) is 20.1 Å². The van der Waals surface area contributed by atoms with E-state index in [1.807, 2.05) is 6.07 Å². The summed E-state index contributed by atoms with van der Waals surface area (Å²) in [6, 6.07) is 9.28. The first-order valence-electron chi connectivity index (χ1n) is 5.04. The fraction of sp³-hybridized carbons (Fsp3) is 0. The Morgan fingerprint density at radius 1 is 1.11 bits per heavy atom. The van der Waals surface area contributed by atoms with E-state index in [2.05, 4.69) is 31.9 Å². The molecule has 5 heteroatoms. The van der Waals surface area contributed by atoms with Gasteiger partial charge in [0.2, 0.25) is 0 Å². The highest BCUT2D eigenvalue weighted by atomic mass is 79.9. The number of benzene rings is 2. The van der Waals surface area contributed by atoms with Gasteiger partial charge >= 0.3 is 0 Å². The third kappa shape index (κ3) is 2.62. The molecule has 0 saturated heterocycles. The van der Waals surface area contributed by atoms with Crippen LogP contribution in [0.1, 0.15) is 15.9 Å². The summed E-state index contributed by atoms with van der Waals surface area (Å²) in [5.41, 5.74) is 6.14. The van der Waals surface area contributed by atoms with Gasteiger partial charge in [-0.25, -0.2) is 4.39 Å². The molecule has 18 heavy (non-hydrogen) atoms. The Labute approximate surface area is 120 Å². The third-order valence-corrected chi connectivity index (χ3v) is 3.62. The SMILES string of the molecule is Nc1ccc(C(=O)c2cc(Br)ccc2Br)cc1F. The van der Waals surface area contributed by atoms with E-state index in [4.69, 9.17) is 5.73 Å². The van der Waals surface area contributed by atoms with Gasteiger partial charge in [-0.05, 0) is 36.4 Å². The molecule has 0 amide bonds. The lowest BCUT2D eigenvalue weighted by Gasteiger charge is -2.05. The maximum absolute atomic E-state index is 13.3. The molecular formula is C13H8Br2FNO. The zero-order chi connectivity index (χ0) is 13.3. The minimum absolute atomic E-state index is 0.0276. The van der Waals surface area contributed by atoms with Gasteiger partial charge in [-0.3, -0.25) is 4.79 Å². The van der Waals surface area contributed by atoms with Crippen LogP contribution in [-0.4, -0.2) is 5.78 Å². The molecule has 2 rings (SSSR count). The van der Waals surface area contributed by atoms with Crippen molar-refractivity contribution in [2.24, 2.45) is 0 Å². The van der Waals surface area contributed by atoms with Gasteiger partial charge in [0.15, 0.2) is 5.78 Å². The number of carbonyl (C=O) groups is 1. The van der Waals surface area contributed by atoms with Crippen molar-refractivity contribution < 1.29 is 9.18 Å². The number of ketones is 1. The molecule has 0 bridgehead atoms. The van der Waals surface area contributed by atoms with Crippen LogP contribution in [0.3, 0.4) is 0 Å². The molecule has 0 saturated carbocycles. The predicted molar refractivity (Wildman–Crippen MR) is 76.1 cm³/mol. The lowest BCUT2D eigenvalue weighted by atomic mass is 10.0. The summed E-state index contributed by atoms with van der Waals surface area (Å²) in [5, 5.41) is 0. The Kier molecular flexibility index (Phi) is 3.82. The molecule has 2 aromatic rings. The van der Waals surface area contributed by atoms with E-state index in [1.54, 1.807) is 12.1 Å². The second-order valence-electron chi connectivity index (χ2n) is 3.69. The Bertz CT molecular complexity index is 628. The minimum atomic E-state index is -0.591. The second kappa shape index (κ2) is 5.20. The van der Waals surface area contributed by atoms with Crippen LogP contribution in [0.15, 0.2) is 45.3 Å². The molecule has 0 heterocycles. The lowest BCUT2D eigenvalue weighted by molar-refractivity contribution is 0.103. The zero-order valence-electron chi connectivity index (χ0n) is 9.08. The van der Waals surface area contributed by atoms with Crippen LogP contribution < -0.4 is 5.73 Å². The average Bonchev–Trinajstić information content (AvgIpc) is 2.35. The van der Waals surface area contributed by atoms with Crippen molar-refractivity contribution in [1.29, 1.82) is 0 Å². The predicted octanol–water partition coefficient (Wildman–Crippen LogP) is 4.16. The molecule has 2 nitrogen and oxygen atoms in total. The molecule has 0 fully saturated rings. The maximum Gasteiger partial charge on any atom is 0.194 e. The largest absolute Gasteiger partial charge is 0.396 e. The quantitative estimate of drug-likeness (QED) is 0.635. The number of anilines is 1. The average molecular weight is 373 g/mol. The van der Waals surface area contributed by atoms with Gasteiger partial charge in [0.25, 0.3) is 0 Å². The number of carbonyl (C=O) groups excluding carboxylic acids is 1. The van der Waals surface area contributed by atoms with E-state index < -0.39 is 5.82 Å². The summed E-state index contributed by atoms with van der Waals surface area (Å²) in [6.45, 7) is 0. The first kappa shape index (κ1) is 13.2. The summed E-state index contributed by atoms with van der Waals surface area (Å²) in [4.78, 5) is 12.2. The first-order valence-corrected chi connectivity index (χ1v) is 6.62. The molecule has 0 radical (unpaired) electrons. The fourth-order valence-electron chi connectivity index (χ4n) is 1.50. The van der Waals surface area contributed by atoms with Gasteiger partial charge in [-0.1, -0.05) is 31.9 Å². The normalized spacial score (nSPS) is 10.4. The van der Waals surface area contributed by atoms with E-state index in [9.17, 15) is 9.18 Å². The van der Waals surface area contributed by atoms with Gasteiger partial charge in [-0.2, -0.15) is 0 Å². The van der Waals surface area contributed by atoms with Crippen LogP contribution in [0, 0.1) is 5.82 Å². The first-order chi connectivity index (χ1) is 8.49. The smallest absolute Gasteiger partial charge is 0.194 e. The molecule has 2 aromatic carbocycles. The van der Waals surface area contributed by atoms with E-state index >= 15 is 0 Å². The van der Waals surface area contributed by atoms with Gasteiger partial charge in [-0.15, -0.1) is 0 Å². The highest BCUT2D eigenvalue weighted by Gasteiger charge is 2.14. The molecule has 0 atom stereocenters. The van der Waals surface area contributed by atoms with E-state index in [1.165, 1.54) is 12.1 Å². The minimum Gasteiger partial charge on any atom is -0.396 e. The van der Waals surface area contributed by atoms with Crippen molar-refractivity contribution in [3.8, 4) is 0 Å². The van der Waals surface area contributed by atoms with Crippen LogP contribution in [0.2, 0.25) is 0 Å². The summed E-state index contributed by atoms with van der Waals surface area (Å²) >= 11 is 6.60. The molecule has 0 aliphatic heterocycles.